The molecular weight excluding hydrogens is 573 g/mol. The Bertz CT molecular complexity index is 1440. The van der Waals surface area contributed by atoms with Crippen LogP contribution in [0.1, 0.15) is 57.2 Å². The van der Waals surface area contributed by atoms with Gasteiger partial charge in [0.25, 0.3) is 0 Å². The van der Waals surface area contributed by atoms with Crippen molar-refractivity contribution in [1.82, 2.24) is 4.72 Å². The Kier molecular flexibility index (Phi) is 11.7. The third kappa shape index (κ3) is 8.16. The van der Waals surface area contributed by atoms with Crippen LogP contribution < -0.4 is 9.46 Å². The summed E-state index contributed by atoms with van der Waals surface area (Å²) in [5.74, 6) is 0.0430. The minimum Gasteiger partial charge on any atom is -0.497 e. The van der Waals surface area contributed by atoms with Crippen LogP contribution in [0, 0.1) is 5.82 Å². The molecule has 0 aliphatic rings. The minimum absolute atomic E-state index is 0.0475. The summed E-state index contributed by atoms with van der Waals surface area (Å²) in [6.45, 7) is 10.7. The average molecular weight is 616 g/mol. The Morgan fingerprint density at radius 1 is 0.976 bits per heavy atom. The lowest BCUT2D eigenvalue weighted by Crippen LogP contribution is -2.60. The van der Waals surface area contributed by atoms with Gasteiger partial charge in [0, 0.05) is 5.56 Å². The maximum atomic E-state index is 15.8. The molecule has 0 aliphatic heterocycles. The number of halogens is 1. The molecule has 4 atom stereocenters. The van der Waals surface area contributed by atoms with Crippen LogP contribution in [0.5, 0.6) is 5.75 Å². The van der Waals surface area contributed by atoms with Crippen molar-refractivity contribution in [2.24, 2.45) is 0 Å². The number of hydrogen-bond acceptors (Lipinski definition) is 5. The Balaban J connectivity index is 2.22. The molecule has 3 aromatic rings. The zero-order chi connectivity index (χ0) is 31.0. The number of ether oxygens (including phenoxy) is 2. The van der Waals surface area contributed by atoms with Crippen molar-refractivity contribution >= 4 is 20.8 Å². The average Bonchev–Trinajstić information content (AvgIpc) is 2.96. The second-order valence-corrected chi connectivity index (χ2v) is 15.7. The van der Waals surface area contributed by atoms with E-state index in [0.717, 1.165) is 11.1 Å². The van der Waals surface area contributed by atoms with Gasteiger partial charge in [0.2, 0.25) is 0 Å². The lowest BCUT2D eigenvalue weighted by molar-refractivity contribution is 0.0272. The number of allylic oxidation sites excluding steroid dienone is 1. The Morgan fingerprint density at radius 3 is 2.17 bits per heavy atom. The molecule has 0 heterocycles. The van der Waals surface area contributed by atoms with Crippen LogP contribution in [0.4, 0.5) is 4.39 Å². The van der Waals surface area contributed by atoms with Crippen molar-refractivity contribution in [1.29, 1.82) is 0 Å². The molecule has 0 amide bonds. The summed E-state index contributed by atoms with van der Waals surface area (Å²) in [7, 11) is -4.40. The highest BCUT2D eigenvalue weighted by atomic mass is 32.2. The molecule has 0 aromatic heterocycles. The smallest absolute Gasteiger partial charge is 0.182 e. The largest absolute Gasteiger partial charge is 0.497 e. The molecule has 0 saturated carbocycles. The molecule has 3 unspecified atom stereocenters. The van der Waals surface area contributed by atoms with Crippen LogP contribution in [0.3, 0.4) is 0 Å². The first-order chi connectivity index (χ1) is 19.8. The van der Waals surface area contributed by atoms with Gasteiger partial charge in [-0.1, -0.05) is 66.7 Å². The molecule has 228 valence electrons. The topological polar surface area (TPSA) is 81.7 Å². The van der Waals surface area contributed by atoms with E-state index in [-0.39, 0.29) is 25.0 Å². The quantitative estimate of drug-likeness (QED) is 0.194. The van der Waals surface area contributed by atoms with Gasteiger partial charge in [-0.25, -0.2) is 21.7 Å². The summed E-state index contributed by atoms with van der Waals surface area (Å²) < 4.78 is 72.8. The van der Waals surface area contributed by atoms with Crippen LogP contribution in [0.25, 0.3) is 0 Å². The summed E-state index contributed by atoms with van der Waals surface area (Å²) >= 11 is 0. The summed E-state index contributed by atoms with van der Waals surface area (Å²) in [5.41, 5.74) is -1.69. The van der Waals surface area contributed by atoms with E-state index >= 15 is 4.39 Å². The van der Waals surface area contributed by atoms with E-state index in [1.54, 1.807) is 65.1 Å². The van der Waals surface area contributed by atoms with Crippen LogP contribution in [0.2, 0.25) is 0 Å². The third-order valence-electron chi connectivity index (χ3n) is 7.12. The second kappa shape index (κ2) is 14.6. The highest BCUT2D eigenvalue weighted by molar-refractivity contribution is 7.92. The molecule has 42 heavy (non-hydrogen) atoms. The summed E-state index contributed by atoms with van der Waals surface area (Å²) in [6.07, 6.45) is 2.22. The molecule has 3 rings (SSSR count). The number of benzene rings is 3. The second-order valence-electron chi connectivity index (χ2n) is 11.3. The van der Waals surface area contributed by atoms with Gasteiger partial charge in [-0.2, -0.15) is 0 Å². The van der Waals surface area contributed by atoms with E-state index in [1.165, 1.54) is 12.1 Å². The molecule has 3 aromatic carbocycles. The van der Waals surface area contributed by atoms with Crippen LogP contribution in [0.15, 0.2) is 91.5 Å². The maximum Gasteiger partial charge on any atom is 0.182 e. The third-order valence-corrected chi connectivity index (χ3v) is 11.2. The first-order valence-electron chi connectivity index (χ1n) is 13.9. The van der Waals surface area contributed by atoms with Crippen molar-refractivity contribution in [2.75, 3.05) is 7.11 Å². The molecule has 6 nitrogen and oxygen atoms in total. The molecular formula is C33H42FNO5S2. The van der Waals surface area contributed by atoms with Crippen LogP contribution >= 0.6 is 0 Å². The van der Waals surface area contributed by atoms with E-state index in [2.05, 4.69) is 11.3 Å². The highest BCUT2D eigenvalue weighted by Crippen LogP contribution is 2.40. The van der Waals surface area contributed by atoms with Gasteiger partial charge in [-0.3, -0.25) is 0 Å². The van der Waals surface area contributed by atoms with Crippen molar-refractivity contribution in [3.05, 3.63) is 114 Å². The van der Waals surface area contributed by atoms with Gasteiger partial charge in [0.15, 0.2) is 15.3 Å². The summed E-state index contributed by atoms with van der Waals surface area (Å²) in [4.78, 5) is 0. The monoisotopic (exact) mass is 615 g/mol. The van der Waals surface area contributed by atoms with Gasteiger partial charge in [-0.05, 0) is 76.3 Å². The van der Waals surface area contributed by atoms with Crippen LogP contribution in [-0.4, -0.2) is 35.2 Å². The molecule has 0 saturated heterocycles. The predicted molar refractivity (Wildman–Crippen MR) is 169 cm³/mol. The molecule has 1 N–H and O–H groups in total. The summed E-state index contributed by atoms with van der Waals surface area (Å²) in [5, 5.41) is -0.925. The lowest BCUT2D eigenvalue weighted by Gasteiger charge is -2.43. The van der Waals surface area contributed by atoms with Crippen molar-refractivity contribution in [2.45, 2.75) is 74.5 Å². The number of methoxy groups -OCH3 is 1. The van der Waals surface area contributed by atoms with E-state index in [0.29, 0.717) is 12.2 Å². The van der Waals surface area contributed by atoms with Gasteiger partial charge in [0.1, 0.15) is 11.6 Å². The molecule has 0 bridgehead atoms. The van der Waals surface area contributed by atoms with Crippen molar-refractivity contribution in [3.8, 4) is 5.75 Å². The predicted octanol–water partition coefficient (Wildman–Crippen LogP) is 6.64. The maximum absolute atomic E-state index is 15.8. The molecule has 0 spiro atoms. The number of rotatable bonds is 15. The first kappa shape index (κ1) is 33.6. The standard InChI is InChI=1S/C33H42FNO5S2/c1-7-8-22-33(35-41(36)32(3,4)5,29-16-12-13-17-30(29)34)31(40-24-27-14-10-9-11-15-27)42(37,38)25(2)23-26-18-20-28(39-6)21-19-26/h7,9-21,25,31,35H,1,8,22-24H2,2-6H3/t25?,31?,33-,41?/m1/s1. The SMILES string of the molecule is C=CCC[C@@](NS(=O)C(C)(C)C)(c1ccccc1F)C(OCc1ccccc1)S(=O)(=O)C(C)Cc1ccc(OC)cc1. The normalized spacial score (nSPS) is 15.8. The summed E-state index contributed by atoms with van der Waals surface area (Å²) in [6, 6.07) is 22.4. The Labute approximate surface area is 252 Å². The molecule has 0 fully saturated rings. The fourth-order valence-electron chi connectivity index (χ4n) is 4.69. The minimum atomic E-state index is -4.18. The molecule has 0 radical (unpaired) electrons. The van der Waals surface area contributed by atoms with Crippen molar-refractivity contribution in [3.63, 3.8) is 0 Å². The zero-order valence-electron chi connectivity index (χ0n) is 25.0. The Hall–Kier alpha value is -2.85. The van der Waals surface area contributed by atoms with Gasteiger partial charge in [-0.15, -0.1) is 6.58 Å². The van der Waals surface area contributed by atoms with Gasteiger partial charge >= 0.3 is 0 Å². The highest BCUT2D eigenvalue weighted by Gasteiger charge is 2.52. The molecule has 9 heteroatoms. The number of hydrogen-bond donors (Lipinski definition) is 1. The van der Waals surface area contributed by atoms with Gasteiger partial charge < -0.3 is 9.47 Å². The molecule has 0 aliphatic carbocycles. The van der Waals surface area contributed by atoms with Crippen LogP contribution in [-0.2, 0) is 44.1 Å². The number of nitrogens with one attached hydrogen (secondary N) is 1. The lowest BCUT2D eigenvalue weighted by atomic mass is 9.86. The van der Waals surface area contributed by atoms with E-state index < -0.39 is 47.6 Å². The fraction of sp³-hybridized carbons (Fsp3) is 0.394. The van der Waals surface area contributed by atoms with E-state index in [4.69, 9.17) is 9.47 Å². The van der Waals surface area contributed by atoms with Gasteiger partial charge in [0.05, 0.1) is 40.2 Å². The zero-order valence-corrected chi connectivity index (χ0v) is 26.6. The fourth-order valence-corrected chi connectivity index (χ4v) is 7.69. The first-order valence-corrected chi connectivity index (χ1v) is 16.7. The van der Waals surface area contributed by atoms with E-state index in [9.17, 15) is 12.6 Å². The van der Waals surface area contributed by atoms with Crippen molar-refractivity contribution < 1.29 is 26.5 Å². The number of sulfone groups is 1. The van der Waals surface area contributed by atoms with E-state index in [1.807, 2.05) is 42.5 Å². The Morgan fingerprint density at radius 2 is 1.60 bits per heavy atom.